The van der Waals surface area contributed by atoms with Gasteiger partial charge >= 0.3 is 0 Å². The first-order chi connectivity index (χ1) is 7.45. The summed E-state index contributed by atoms with van der Waals surface area (Å²) >= 11 is 0. The molecule has 0 amide bonds. The first-order valence-electron chi connectivity index (χ1n) is 6.98. The summed E-state index contributed by atoms with van der Waals surface area (Å²) in [6, 6.07) is 0. The van der Waals surface area contributed by atoms with Crippen molar-refractivity contribution >= 4 is 0 Å². The first-order valence-corrected chi connectivity index (χ1v) is 6.98. The third-order valence-corrected chi connectivity index (χ3v) is 6.54. The van der Waals surface area contributed by atoms with Crippen molar-refractivity contribution < 1.29 is 4.74 Å². The summed E-state index contributed by atoms with van der Waals surface area (Å²) in [6.07, 6.45) is 9.08. The van der Waals surface area contributed by atoms with Crippen LogP contribution in [0.3, 0.4) is 0 Å². The topological polar surface area (TPSA) is 9.23 Å². The molecule has 3 rings (SSSR count). The third kappa shape index (κ3) is 1.06. The molecule has 0 radical (unpaired) electrons. The summed E-state index contributed by atoms with van der Waals surface area (Å²) in [4.78, 5) is 0. The maximum absolute atomic E-state index is 5.91. The van der Waals surface area contributed by atoms with E-state index in [2.05, 4.69) is 20.8 Å². The smallest absolute Gasteiger partial charge is 0.0658 e. The number of fused-ring (bicyclic) bond motifs is 1. The summed E-state index contributed by atoms with van der Waals surface area (Å²) < 4.78 is 5.91. The Bertz CT molecular complexity index is 309. The van der Waals surface area contributed by atoms with Crippen LogP contribution in [0.15, 0.2) is 0 Å². The molecule has 3 saturated carbocycles. The maximum atomic E-state index is 5.91. The Labute approximate surface area is 99.9 Å². The highest BCUT2D eigenvalue weighted by molar-refractivity contribution is 5.18. The summed E-state index contributed by atoms with van der Waals surface area (Å²) in [7, 11) is 1.94. The quantitative estimate of drug-likeness (QED) is 0.651. The molecule has 4 atom stereocenters. The van der Waals surface area contributed by atoms with E-state index in [0.29, 0.717) is 22.3 Å². The van der Waals surface area contributed by atoms with Crippen molar-refractivity contribution in [2.24, 2.45) is 22.2 Å². The summed E-state index contributed by atoms with van der Waals surface area (Å²) in [5.41, 5.74) is 1.64. The Morgan fingerprint density at radius 2 is 1.81 bits per heavy atom. The minimum Gasteiger partial charge on any atom is -0.381 e. The highest BCUT2D eigenvalue weighted by Crippen LogP contribution is 2.74. The van der Waals surface area contributed by atoms with Gasteiger partial charge in [-0.3, -0.25) is 0 Å². The third-order valence-electron chi connectivity index (χ3n) is 6.54. The van der Waals surface area contributed by atoms with Crippen molar-refractivity contribution in [2.75, 3.05) is 7.11 Å². The van der Waals surface area contributed by atoms with E-state index in [1.165, 1.54) is 38.5 Å². The van der Waals surface area contributed by atoms with Crippen molar-refractivity contribution in [3.63, 3.8) is 0 Å². The lowest BCUT2D eigenvalue weighted by Crippen LogP contribution is -2.48. The summed E-state index contributed by atoms with van der Waals surface area (Å²) in [5.74, 6) is 0.847. The molecule has 1 heteroatoms. The minimum absolute atomic E-state index is 0.487. The van der Waals surface area contributed by atoms with Crippen molar-refractivity contribution in [1.29, 1.82) is 0 Å². The van der Waals surface area contributed by atoms with E-state index in [9.17, 15) is 0 Å². The highest BCUT2D eigenvalue weighted by atomic mass is 16.5. The molecule has 0 aromatic heterocycles. The lowest BCUT2D eigenvalue weighted by atomic mass is 9.52. The minimum atomic E-state index is 0.487. The Kier molecular flexibility index (Phi) is 2.11. The second kappa shape index (κ2) is 3.04. The lowest BCUT2D eigenvalue weighted by Gasteiger charge is -2.53. The van der Waals surface area contributed by atoms with Crippen LogP contribution in [0.1, 0.15) is 59.3 Å². The zero-order chi connectivity index (χ0) is 11.6. The standard InChI is InChI=1S/C15H26O/c1-13(2)7-5-6-11-12(16-4)14(3)8-9-15(11,13)10-14/h11-12H,5-10H2,1-4H3. The van der Waals surface area contributed by atoms with E-state index in [1.807, 2.05) is 7.11 Å². The van der Waals surface area contributed by atoms with Gasteiger partial charge in [0, 0.05) is 7.11 Å². The van der Waals surface area contributed by atoms with Gasteiger partial charge in [0.2, 0.25) is 0 Å². The van der Waals surface area contributed by atoms with Crippen LogP contribution < -0.4 is 0 Å². The molecule has 1 spiro atoms. The van der Waals surface area contributed by atoms with E-state index in [4.69, 9.17) is 4.74 Å². The molecule has 0 heterocycles. The number of hydrogen-bond acceptors (Lipinski definition) is 1. The average Bonchev–Trinajstić information content (AvgIpc) is 2.67. The van der Waals surface area contributed by atoms with Crippen LogP contribution in [0, 0.1) is 22.2 Å². The Morgan fingerprint density at radius 1 is 1.06 bits per heavy atom. The molecule has 4 unspecified atom stereocenters. The van der Waals surface area contributed by atoms with E-state index in [-0.39, 0.29) is 0 Å². The monoisotopic (exact) mass is 222 g/mol. The molecular formula is C15H26O. The molecule has 0 saturated heterocycles. The fraction of sp³-hybridized carbons (Fsp3) is 1.00. The van der Waals surface area contributed by atoms with Crippen LogP contribution in [0.5, 0.6) is 0 Å². The van der Waals surface area contributed by atoms with Gasteiger partial charge in [-0.15, -0.1) is 0 Å². The molecular weight excluding hydrogens is 196 g/mol. The van der Waals surface area contributed by atoms with Crippen LogP contribution in [0.2, 0.25) is 0 Å². The highest BCUT2D eigenvalue weighted by Gasteiger charge is 2.68. The van der Waals surface area contributed by atoms with E-state index in [1.54, 1.807) is 0 Å². The molecule has 3 aliphatic carbocycles. The van der Waals surface area contributed by atoms with Crippen molar-refractivity contribution in [3.05, 3.63) is 0 Å². The largest absolute Gasteiger partial charge is 0.381 e. The van der Waals surface area contributed by atoms with Gasteiger partial charge in [-0.2, -0.15) is 0 Å². The molecule has 0 aromatic carbocycles. The number of hydrogen-bond donors (Lipinski definition) is 0. The molecule has 0 N–H and O–H groups in total. The van der Waals surface area contributed by atoms with Gasteiger partial charge in [-0.05, 0) is 54.3 Å². The van der Waals surface area contributed by atoms with Gasteiger partial charge in [0.25, 0.3) is 0 Å². The first kappa shape index (κ1) is 11.1. The van der Waals surface area contributed by atoms with E-state index >= 15 is 0 Å². The number of ether oxygens (including phenoxy) is 1. The van der Waals surface area contributed by atoms with Gasteiger partial charge in [0.15, 0.2) is 0 Å². The Hall–Kier alpha value is -0.0400. The Morgan fingerprint density at radius 3 is 2.50 bits per heavy atom. The maximum Gasteiger partial charge on any atom is 0.0658 e. The van der Waals surface area contributed by atoms with Gasteiger partial charge in [-0.1, -0.05) is 27.2 Å². The molecule has 0 aliphatic heterocycles. The SMILES string of the molecule is COC1C2CCCC(C)(C)C23CCC1(C)C3. The molecule has 0 aromatic rings. The van der Waals surface area contributed by atoms with Crippen LogP contribution in [-0.2, 0) is 4.74 Å². The van der Waals surface area contributed by atoms with E-state index < -0.39 is 0 Å². The fourth-order valence-corrected chi connectivity index (χ4v) is 5.71. The summed E-state index contributed by atoms with van der Waals surface area (Å²) in [6.45, 7) is 7.51. The van der Waals surface area contributed by atoms with Crippen LogP contribution in [0.25, 0.3) is 0 Å². The molecule has 3 fully saturated rings. The van der Waals surface area contributed by atoms with Gasteiger partial charge in [-0.25, -0.2) is 0 Å². The lowest BCUT2D eigenvalue weighted by molar-refractivity contribution is -0.0949. The van der Waals surface area contributed by atoms with Gasteiger partial charge in [0.1, 0.15) is 0 Å². The molecule has 3 aliphatic rings. The second-order valence-electron chi connectivity index (χ2n) is 7.53. The number of methoxy groups -OCH3 is 1. The second-order valence-corrected chi connectivity index (χ2v) is 7.53. The number of rotatable bonds is 1. The zero-order valence-corrected chi connectivity index (χ0v) is 11.3. The van der Waals surface area contributed by atoms with Crippen LogP contribution in [0.4, 0.5) is 0 Å². The Balaban J connectivity index is 2.05. The van der Waals surface area contributed by atoms with Crippen LogP contribution in [-0.4, -0.2) is 13.2 Å². The predicted molar refractivity (Wildman–Crippen MR) is 66.3 cm³/mol. The molecule has 2 bridgehead atoms. The van der Waals surface area contributed by atoms with Crippen molar-refractivity contribution in [2.45, 2.75) is 65.4 Å². The molecule has 16 heavy (non-hydrogen) atoms. The fourth-order valence-electron chi connectivity index (χ4n) is 5.71. The van der Waals surface area contributed by atoms with Gasteiger partial charge < -0.3 is 4.74 Å². The zero-order valence-electron chi connectivity index (χ0n) is 11.3. The normalized spacial score (nSPS) is 54.0. The van der Waals surface area contributed by atoms with E-state index in [0.717, 1.165) is 5.92 Å². The van der Waals surface area contributed by atoms with Crippen molar-refractivity contribution in [3.8, 4) is 0 Å². The predicted octanol–water partition coefficient (Wildman–Crippen LogP) is 4.02. The molecule has 92 valence electrons. The molecule has 1 nitrogen and oxygen atoms in total. The van der Waals surface area contributed by atoms with Crippen LogP contribution >= 0.6 is 0 Å². The van der Waals surface area contributed by atoms with Gasteiger partial charge in [0.05, 0.1) is 6.10 Å². The summed E-state index contributed by atoms with van der Waals surface area (Å²) in [5, 5.41) is 0. The average molecular weight is 222 g/mol. The van der Waals surface area contributed by atoms with Crippen molar-refractivity contribution in [1.82, 2.24) is 0 Å².